The highest BCUT2D eigenvalue weighted by molar-refractivity contribution is 7.98. The van der Waals surface area contributed by atoms with E-state index in [1.165, 1.54) is 11.8 Å². The average molecular weight is 359 g/mol. The molecule has 0 saturated carbocycles. The summed E-state index contributed by atoms with van der Waals surface area (Å²) < 4.78 is 16.9. The first-order valence-corrected chi connectivity index (χ1v) is 9.08. The fraction of sp³-hybridized carbons (Fsp3) is 0.389. The van der Waals surface area contributed by atoms with Gasteiger partial charge in [-0.15, -0.1) is 10.2 Å². The van der Waals surface area contributed by atoms with Crippen molar-refractivity contribution in [3.8, 4) is 5.75 Å². The standard InChI is InChI=1S/C18H21N3O3S/c1-11(2)17-19-12(3)15(23-17)10-25-18-21-20-16(24-18)9-13-7-5-6-8-14(13)22-4/h5-8,11H,9-10H2,1-4H3. The highest BCUT2D eigenvalue weighted by atomic mass is 32.2. The number of hydrogen-bond acceptors (Lipinski definition) is 7. The van der Waals surface area contributed by atoms with E-state index in [1.807, 2.05) is 31.2 Å². The molecule has 3 rings (SSSR count). The van der Waals surface area contributed by atoms with Gasteiger partial charge >= 0.3 is 0 Å². The maximum absolute atomic E-state index is 5.79. The lowest BCUT2D eigenvalue weighted by Crippen LogP contribution is -1.93. The number of benzene rings is 1. The summed E-state index contributed by atoms with van der Waals surface area (Å²) in [5, 5.41) is 8.73. The molecule has 0 radical (unpaired) electrons. The number of aromatic nitrogens is 3. The van der Waals surface area contributed by atoms with Gasteiger partial charge in [-0.2, -0.15) is 0 Å². The zero-order valence-corrected chi connectivity index (χ0v) is 15.6. The van der Waals surface area contributed by atoms with E-state index in [-0.39, 0.29) is 5.92 Å². The largest absolute Gasteiger partial charge is 0.496 e. The molecule has 0 bridgehead atoms. The topological polar surface area (TPSA) is 74.2 Å². The minimum Gasteiger partial charge on any atom is -0.496 e. The molecule has 25 heavy (non-hydrogen) atoms. The lowest BCUT2D eigenvalue weighted by atomic mass is 10.1. The molecular formula is C18H21N3O3S. The molecule has 0 unspecified atom stereocenters. The Hall–Kier alpha value is -2.28. The molecule has 2 heterocycles. The maximum atomic E-state index is 5.79. The van der Waals surface area contributed by atoms with Crippen LogP contribution in [0.15, 0.2) is 38.3 Å². The van der Waals surface area contributed by atoms with Crippen LogP contribution in [-0.2, 0) is 12.2 Å². The summed E-state index contributed by atoms with van der Waals surface area (Å²) in [5.74, 6) is 3.86. The van der Waals surface area contributed by atoms with Crippen LogP contribution in [0.4, 0.5) is 0 Å². The van der Waals surface area contributed by atoms with E-state index >= 15 is 0 Å². The summed E-state index contributed by atoms with van der Waals surface area (Å²) >= 11 is 1.45. The van der Waals surface area contributed by atoms with Crippen LogP contribution in [-0.4, -0.2) is 22.3 Å². The van der Waals surface area contributed by atoms with Crippen molar-refractivity contribution in [3.05, 3.63) is 53.1 Å². The molecular weight excluding hydrogens is 338 g/mol. The summed E-state index contributed by atoms with van der Waals surface area (Å²) in [6, 6.07) is 7.80. The first kappa shape index (κ1) is 17.5. The van der Waals surface area contributed by atoms with Crippen LogP contribution in [0.5, 0.6) is 5.75 Å². The van der Waals surface area contributed by atoms with Gasteiger partial charge in [-0.25, -0.2) is 4.98 Å². The summed E-state index contributed by atoms with van der Waals surface area (Å²) in [6.07, 6.45) is 0.538. The van der Waals surface area contributed by atoms with Crippen LogP contribution in [0.25, 0.3) is 0 Å². The molecule has 0 amide bonds. The van der Waals surface area contributed by atoms with Crippen LogP contribution in [0.2, 0.25) is 0 Å². The normalized spacial score (nSPS) is 11.2. The number of para-hydroxylation sites is 1. The van der Waals surface area contributed by atoms with Gasteiger partial charge in [-0.1, -0.05) is 43.8 Å². The zero-order valence-electron chi connectivity index (χ0n) is 14.8. The summed E-state index contributed by atoms with van der Waals surface area (Å²) in [7, 11) is 1.65. The first-order chi connectivity index (χ1) is 12.1. The van der Waals surface area contributed by atoms with Crippen molar-refractivity contribution in [1.29, 1.82) is 0 Å². The van der Waals surface area contributed by atoms with Crippen LogP contribution in [0.1, 0.15) is 48.6 Å². The summed E-state index contributed by atoms with van der Waals surface area (Å²) in [4.78, 5) is 4.44. The highest BCUT2D eigenvalue weighted by Crippen LogP contribution is 2.27. The Bertz CT molecular complexity index is 842. The number of ether oxygens (including phenoxy) is 1. The predicted octanol–water partition coefficient (Wildman–Crippen LogP) is 4.38. The first-order valence-electron chi connectivity index (χ1n) is 8.10. The van der Waals surface area contributed by atoms with E-state index in [9.17, 15) is 0 Å². The van der Waals surface area contributed by atoms with Crippen molar-refractivity contribution < 1.29 is 13.6 Å². The number of nitrogens with zero attached hydrogens (tertiary/aromatic N) is 3. The molecule has 3 aromatic rings. The van der Waals surface area contributed by atoms with Gasteiger partial charge in [0.1, 0.15) is 11.5 Å². The van der Waals surface area contributed by atoms with Crippen LogP contribution >= 0.6 is 11.8 Å². The molecule has 7 heteroatoms. The number of rotatable bonds is 7. The molecule has 1 aromatic carbocycles. The van der Waals surface area contributed by atoms with Crippen molar-refractivity contribution in [3.63, 3.8) is 0 Å². The molecule has 6 nitrogen and oxygen atoms in total. The van der Waals surface area contributed by atoms with E-state index in [4.69, 9.17) is 13.6 Å². The van der Waals surface area contributed by atoms with Gasteiger partial charge in [-0.3, -0.25) is 0 Å². The fourth-order valence-electron chi connectivity index (χ4n) is 2.34. The smallest absolute Gasteiger partial charge is 0.277 e. The van der Waals surface area contributed by atoms with Gasteiger partial charge in [0.15, 0.2) is 5.89 Å². The Labute approximate surface area is 151 Å². The lowest BCUT2D eigenvalue weighted by Gasteiger charge is -2.05. The third kappa shape index (κ3) is 4.22. The Morgan fingerprint density at radius 1 is 1.16 bits per heavy atom. The number of hydrogen-bond donors (Lipinski definition) is 0. The molecule has 0 saturated heterocycles. The SMILES string of the molecule is COc1ccccc1Cc1nnc(SCc2oc(C(C)C)nc2C)o1. The third-order valence-corrected chi connectivity index (χ3v) is 4.53. The number of methoxy groups -OCH3 is 1. The average Bonchev–Trinajstić information content (AvgIpc) is 3.20. The van der Waals surface area contributed by atoms with Crippen LogP contribution in [0, 0.1) is 6.92 Å². The Morgan fingerprint density at radius 3 is 2.68 bits per heavy atom. The van der Waals surface area contributed by atoms with E-state index in [2.05, 4.69) is 29.0 Å². The zero-order chi connectivity index (χ0) is 17.8. The molecule has 0 aliphatic carbocycles. The Morgan fingerprint density at radius 2 is 1.96 bits per heavy atom. The third-order valence-electron chi connectivity index (χ3n) is 3.71. The van der Waals surface area contributed by atoms with E-state index in [1.54, 1.807) is 7.11 Å². The van der Waals surface area contributed by atoms with Crippen molar-refractivity contribution in [2.24, 2.45) is 0 Å². The van der Waals surface area contributed by atoms with E-state index < -0.39 is 0 Å². The lowest BCUT2D eigenvalue weighted by molar-refractivity contribution is 0.400. The van der Waals surface area contributed by atoms with E-state index in [0.717, 1.165) is 28.7 Å². The molecule has 0 N–H and O–H groups in total. The second-order valence-electron chi connectivity index (χ2n) is 5.95. The quantitative estimate of drug-likeness (QED) is 0.579. The van der Waals surface area contributed by atoms with Gasteiger partial charge in [0.2, 0.25) is 5.89 Å². The minimum atomic E-state index is 0.272. The number of thioether (sulfide) groups is 1. The molecule has 0 aliphatic rings. The molecule has 0 spiro atoms. The van der Waals surface area contributed by atoms with Gasteiger partial charge < -0.3 is 13.6 Å². The number of oxazole rings is 1. The predicted molar refractivity (Wildman–Crippen MR) is 95.0 cm³/mol. The van der Waals surface area contributed by atoms with Gasteiger partial charge in [0.25, 0.3) is 5.22 Å². The second kappa shape index (κ2) is 7.74. The highest BCUT2D eigenvalue weighted by Gasteiger charge is 2.15. The fourth-order valence-corrected chi connectivity index (χ4v) is 3.11. The monoisotopic (exact) mass is 359 g/mol. The summed E-state index contributed by atoms with van der Waals surface area (Å²) in [5.41, 5.74) is 1.92. The molecule has 132 valence electrons. The summed E-state index contributed by atoms with van der Waals surface area (Å²) in [6.45, 7) is 6.07. The molecule has 0 atom stereocenters. The van der Waals surface area contributed by atoms with Crippen LogP contribution in [0.3, 0.4) is 0 Å². The Kier molecular flexibility index (Phi) is 5.43. The maximum Gasteiger partial charge on any atom is 0.277 e. The molecule has 2 aromatic heterocycles. The minimum absolute atomic E-state index is 0.272. The van der Waals surface area contributed by atoms with Crippen molar-refractivity contribution >= 4 is 11.8 Å². The van der Waals surface area contributed by atoms with Crippen molar-refractivity contribution in [2.45, 2.75) is 44.1 Å². The second-order valence-corrected chi connectivity index (χ2v) is 6.88. The molecule has 0 fully saturated rings. The van der Waals surface area contributed by atoms with E-state index in [0.29, 0.717) is 23.3 Å². The van der Waals surface area contributed by atoms with Gasteiger partial charge in [-0.05, 0) is 13.0 Å². The molecule has 0 aliphatic heterocycles. The van der Waals surface area contributed by atoms with Crippen LogP contribution < -0.4 is 4.74 Å². The van der Waals surface area contributed by atoms with Gasteiger partial charge in [0, 0.05) is 11.5 Å². The van der Waals surface area contributed by atoms with Gasteiger partial charge in [0.05, 0.1) is 25.0 Å². The number of aryl methyl sites for hydroxylation is 1. The van der Waals surface area contributed by atoms with Crippen molar-refractivity contribution in [2.75, 3.05) is 7.11 Å². The Balaban J connectivity index is 1.64. The van der Waals surface area contributed by atoms with Crippen molar-refractivity contribution in [1.82, 2.24) is 15.2 Å².